The molecule has 0 aromatic heterocycles. The monoisotopic (exact) mass is 476 g/mol. The van der Waals surface area contributed by atoms with Crippen LogP contribution in [0.5, 0.6) is 11.5 Å². The van der Waals surface area contributed by atoms with Gasteiger partial charge in [0.1, 0.15) is 16.5 Å². The fraction of sp³-hybridized carbons (Fsp3) is 0.238. The fourth-order valence-electron chi connectivity index (χ4n) is 3.33. The highest BCUT2D eigenvalue weighted by Gasteiger charge is 2.34. The average Bonchev–Trinajstić information content (AvgIpc) is 2.77. The summed E-state index contributed by atoms with van der Waals surface area (Å²) in [6, 6.07) is 8.67. The van der Waals surface area contributed by atoms with Crippen molar-refractivity contribution >= 4 is 46.2 Å². The van der Waals surface area contributed by atoms with Gasteiger partial charge in [0.2, 0.25) is 0 Å². The van der Waals surface area contributed by atoms with Crippen molar-refractivity contribution in [2.24, 2.45) is 0 Å². The van der Waals surface area contributed by atoms with Crippen LogP contribution < -0.4 is 20.1 Å². The number of hydrogen-bond acceptors (Lipinski definition) is 6. The number of rotatable bonds is 6. The molecule has 0 aliphatic carbocycles. The molecule has 0 spiro atoms. The van der Waals surface area contributed by atoms with Crippen molar-refractivity contribution in [3.05, 3.63) is 68.4 Å². The first-order valence-electron chi connectivity index (χ1n) is 9.40. The van der Waals surface area contributed by atoms with E-state index in [0.717, 1.165) is 0 Å². The van der Waals surface area contributed by atoms with Crippen LogP contribution in [0.4, 0.5) is 11.4 Å². The van der Waals surface area contributed by atoms with Gasteiger partial charge in [0, 0.05) is 24.9 Å². The lowest BCUT2D eigenvalue weighted by molar-refractivity contribution is -0.384. The third-order valence-electron chi connectivity index (χ3n) is 5.15. The number of ether oxygens (including phenoxy) is 2. The summed E-state index contributed by atoms with van der Waals surface area (Å²) in [5, 5.41) is 17.7. The molecule has 9 nitrogen and oxygen atoms in total. The van der Waals surface area contributed by atoms with Crippen molar-refractivity contribution < 1.29 is 19.2 Å². The van der Waals surface area contributed by atoms with Crippen molar-refractivity contribution in [3.63, 3.8) is 0 Å². The number of carbonyl (C=O) groups is 1. The smallest absolute Gasteiger partial charge is 0.288 e. The number of nitrogens with one attached hydrogen (secondary N) is 2. The Balaban J connectivity index is 2.07. The molecule has 1 aliphatic heterocycles. The second-order valence-corrected chi connectivity index (χ2v) is 7.72. The van der Waals surface area contributed by atoms with Crippen LogP contribution in [0, 0.1) is 10.1 Å². The van der Waals surface area contributed by atoms with Crippen LogP contribution in [-0.2, 0) is 4.79 Å². The molecule has 0 radical (unpaired) electrons. The van der Waals surface area contributed by atoms with Gasteiger partial charge in [-0.05, 0) is 42.9 Å². The summed E-state index contributed by atoms with van der Waals surface area (Å²) in [6.07, 6.45) is 0. The molecular formula is C21H21ClN4O5S. The van der Waals surface area contributed by atoms with Gasteiger partial charge >= 0.3 is 0 Å². The number of anilines is 1. The normalized spacial score (nSPS) is 15.8. The first-order chi connectivity index (χ1) is 15.2. The molecule has 0 saturated heterocycles. The number of thiocarbonyl (C=S) groups is 1. The van der Waals surface area contributed by atoms with Gasteiger partial charge in [0.25, 0.3) is 11.6 Å². The van der Waals surface area contributed by atoms with E-state index in [9.17, 15) is 14.9 Å². The molecule has 1 aliphatic rings. The molecule has 32 heavy (non-hydrogen) atoms. The van der Waals surface area contributed by atoms with Crippen LogP contribution >= 0.6 is 23.8 Å². The Bertz CT molecular complexity index is 1140. The lowest BCUT2D eigenvalue weighted by Gasteiger charge is -2.35. The first kappa shape index (κ1) is 23.3. The quantitative estimate of drug-likeness (QED) is 0.365. The maximum absolute atomic E-state index is 13.4. The van der Waals surface area contributed by atoms with Gasteiger partial charge in [-0.25, -0.2) is 0 Å². The van der Waals surface area contributed by atoms with Gasteiger partial charge in [0.05, 0.1) is 36.4 Å². The number of nitro benzene ring substituents is 1. The average molecular weight is 477 g/mol. The van der Waals surface area contributed by atoms with Gasteiger partial charge in [-0.3, -0.25) is 14.9 Å². The Kier molecular flexibility index (Phi) is 6.85. The molecule has 0 fully saturated rings. The van der Waals surface area contributed by atoms with Gasteiger partial charge < -0.3 is 25.0 Å². The van der Waals surface area contributed by atoms with Crippen LogP contribution in [0.15, 0.2) is 47.7 Å². The molecule has 2 aromatic carbocycles. The van der Waals surface area contributed by atoms with Gasteiger partial charge in [-0.1, -0.05) is 17.7 Å². The van der Waals surface area contributed by atoms with Crippen molar-refractivity contribution in [3.8, 4) is 11.5 Å². The van der Waals surface area contributed by atoms with Gasteiger partial charge in [0.15, 0.2) is 5.11 Å². The number of halogens is 1. The van der Waals surface area contributed by atoms with Crippen molar-refractivity contribution in [1.29, 1.82) is 0 Å². The van der Waals surface area contributed by atoms with E-state index in [1.54, 1.807) is 43.1 Å². The number of allylic oxidation sites excluding steroid dienone is 1. The number of benzene rings is 2. The highest BCUT2D eigenvalue weighted by molar-refractivity contribution is 7.80. The Morgan fingerprint density at radius 2 is 1.97 bits per heavy atom. The first-order valence-corrected chi connectivity index (χ1v) is 10.2. The molecule has 2 N–H and O–H groups in total. The highest BCUT2D eigenvalue weighted by atomic mass is 35.5. The molecule has 2 aromatic rings. The minimum absolute atomic E-state index is 0.00192. The lowest BCUT2D eigenvalue weighted by Crippen LogP contribution is -2.46. The van der Waals surface area contributed by atoms with E-state index in [0.29, 0.717) is 39.1 Å². The van der Waals surface area contributed by atoms with Crippen LogP contribution in [0.1, 0.15) is 18.5 Å². The Morgan fingerprint density at radius 1 is 1.25 bits per heavy atom. The number of carbonyl (C=O) groups excluding carboxylic acids is 1. The minimum atomic E-state index is -0.730. The van der Waals surface area contributed by atoms with Crippen molar-refractivity contribution in [1.82, 2.24) is 10.2 Å². The standard InChI is InChI=1S/C21H21ClN4O5S/c1-11-18(20(27)23-15-10-13(30-3)6-8-17(15)31-4)19(24-21(32)25(11)2)12-5-7-14(22)16(9-12)26(28)29/h5-10,19H,1-4H3,(H,23,27)(H,24,32). The number of nitrogens with zero attached hydrogens (tertiary/aromatic N) is 2. The zero-order valence-corrected chi connectivity index (χ0v) is 19.3. The maximum atomic E-state index is 13.4. The summed E-state index contributed by atoms with van der Waals surface area (Å²) in [5.74, 6) is 0.555. The Morgan fingerprint density at radius 3 is 2.59 bits per heavy atom. The van der Waals surface area contributed by atoms with E-state index in [2.05, 4.69) is 10.6 Å². The van der Waals surface area contributed by atoms with E-state index in [1.807, 2.05) is 0 Å². The SMILES string of the molecule is COc1ccc(OC)c(NC(=O)C2=C(C)N(C)C(=S)NC2c2ccc(Cl)c([N+](=O)[O-])c2)c1. The van der Waals surface area contributed by atoms with Crippen LogP contribution in [-0.4, -0.2) is 42.1 Å². The summed E-state index contributed by atoms with van der Waals surface area (Å²) >= 11 is 11.4. The second kappa shape index (κ2) is 9.41. The van der Waals surface area contributed by atoms with E-state index < -0.39 is 16.9 Å². The van der Waals surface area contributed by atoms with E-state index in [-0.39, 0.29) is 10.7 Å². The van der Waals surface area contributed by atoms with Crippen molar-refractivity contribution in [2.75, 3.05) is 26.6 Å². The summed E-state index contributed by atoms with van der Waals surface area (Å²) in [4.78, 5) is 25.9. The lowest BCUT2D eigenvalue weighted by atomic mass is 9.94. The van der Waals surface area contributed by atoms with E-state index >= 15 is 0 Å². The minimum Gasteiger partial charge on any atom is -0.497 e. The number of nitro groups is 1. The topological polar surface area (TPSA) is 106 Å². The molecular weight excluding hydrogens is 456 g/mol. The third kappa shape index (κ3) is 4.46. The molecule has 0 saturated carbocycles. The molecule has 168 valence electrons. The number of hydrogen-bond donors (Lipinski definition) is 2. The summed E-state index contributed by atoms with van der Waals surface area (Å²) in [6.45, 7) is 1.75. The van der Waals surface area contributed by atoms with Crippen molar-refractivity contribution in [2.45, 2.75) is 13.0 Å². The molecule has 1 heterocycles. The second-order valence-electron chi connectivity index (χ2n) is 6.93. The summed E-state index contributed by atoms with van der Waals surface area (Å²) in [7, 11) is 4.74. The maximum Gasteiger partial charge on any atom is 0.288 e. The molecule has 0 bridgehead atoms. The Labute approximate surface area is 195 Å². The molecule has 1 atom stereocenters. The molecule has 3 rings (SSSR count). The highest BCUT2D eigenvalue weighted by Crippen LogP contribution is 2.36. The number of methoxy groups -OCH3 is 2. The van der Waals surface area contributed by atoms with Gasteiger partial charge in [-0.15, -0.1) is 0 Å². The zero-order chi connectivity index (χ0) is 23.6. The summed E-state index contributed by atoms with van der Waals surface area (Å²) in [5.41, 5.74) is 1.55. The molecule has 1 amide bonds. The van der Waals surface area contributed by atoms with E-state index in [1.165, 1.54) is 26.4 Å². The van der Waals surface area contributed by atoms with Crippen LogP contribution in [0.3, 0.4) is 0 Å². The van der Waals surface area contributed by atoms with Crippen LogP contribution in [0.25, 0.3) is 0 Å². The summed E-state index contributed by atoms with van der Waals surface area (Å²) < 4.78 is 10.6. The predicted molar refractivity (Wildman–Crippen MR) is 125 cm³/mol. The number of amides is 1. The molecule has 1 unspecified atom stereocenters. The van der Waals surface area contributed by atoms with Gasteiger partial charge in [-0.2, -0.15) is 0 Å². The third-order valence-corrected chi connectivity index (χ3v) is 5.87. The fourth-order valence-corrected chi connectivity index (χ4v) is 3.77. The van der Waals surface area contributed by atoms with Crippen LogP contribution in [0.2, 0.25) is 5.02 Å². The van der Waals surface area contributed by atoms with E-state index in [4.69, 9.17) is 33.3 Å². The molecule has 11 heteroatoms. The Hall–Kier alpha value is -3.37. The zero-order valence-electron chi connectivity index (χ0n) is 17.8. The largest absolute Gasteiger partial charge is 0.497 e. The predicted octanol–water partition coefficient (Wildman–Crippen LogP) is 4.04.